The quantitative estimate of drug-likeness (QED) is 0.845. The van der Waals surface area contributed by atoms with Gasteiger partial charge in [-0.3, -0.25) is 9.59 Å². The van der Waals surface area contributed by atoms with E-state index >= 15 is 0 Å². The standard InChI is InChI=1S/C11H9F2NO3/c12-5-1-2-8(13)9(3-5)14-10(15)6-4-7(6)11(16)17/h1-3,6-7H,4H2,(H,14,15)(H,16,17)/t6-,7+/m1/s1. The number of hydrogen-bond acceptors (Lipinski definition) is 2. The summed E-state index contributed by atoms with van der Waals surface area (Å²) in [4.78, 5) is 22.0. The Morgan fingerprint density at radius 2 is 2.00 bits per heavy atom. The highest BCUT2D eigenvalue weighted by atomic mass is 19.1. The van der Waals surface area contributed by atoms with Gasteiger partial charge < -0.3 is 10.4 Å². The van der Waals surface area contributed by atoms with E-state index in [1.54, 1.807) is 0 Å². The van der Waals surface area contributed by atoms with E-state index in [9.17, 15) is 18.4 Å². The van der Waals surface area contributed by atoms with Crippen molar-refractivity contribution in [3.05, 3.63) is 29.8 Å². The Kier molecular flexibility index (Phi) is 2.79. The summed E-state index contributed by atoms with van der Waals surface area (Å²) < 4.78 is 26.0. The Hall–Kier alpha value is -1.98. The number of anilines is 1. The molecule has 0 aliphatic heterocycles. The molecule has 1 aromatic carbocycles. The molecule has 4 nitrogen and oxygen atoms in total. The van der Waals surface area contributed by atoms with Gasteiger partial charge in [-0.15, -0.1) is 0 Å². The Bertz CT molecular complexity index is 490. The molecule has 1 aromatic rings. The van der Waals surface area contributed by atoms with Gasteiger partial charge in [0.2, 0.25) is 5.91 Å². The predicted molar refractivity (Wildman–Crippen MR) is 54.2 cm³/mol. The SMILES string of the molecule is O=C(O)[C@H]1C[C@H]1C(=O)Nc1cc(F)ccc1F. The van der Waals surface area contributed by atoms with Crippen molar-refractivity contribution in [2.24, 2.45) is 11.8 Å². The summed E-state index contributed by atoms with van der Waals surface area (Å²) in [6, 6.07) is 2.68. The van der Waals surface area contributed by atoms with Crippen molar-refractivity contribution in [3.8, 4) is 0 Å². The molecular weight excluding hydrogens is 232 g/mol. The number of carboxylic acids is 1. The first-order valence-corrected chi connectivity index (χ1v) is 4.98. The fraction of sp³-hybridized carbons (Fsp3) is 0.273. The summed E-state index contributed by atoms with van der Waals surface area (Å²) in [5.41, 5.74) is -0.272. The predicted octanol–water partition coefficient (Wildman–Crippen LogP) is 1.62. The number of benzene rings is 1. The summed E-state index contributed by atoms with van der Waals surface area (Å²) in [5, 5.41) is 10.8. The topological polar surface area (TPSA) is 66.4 Å². The summed E-state index contributed by atoms with van der Waals surface area (Å²) >= 11 is 0. The van der Waals surface area contributed by atoms with Gasteiger partial charge in [-0.1, -0.05) is 0 Å². The average Bonchev–Trinajstić information content (AvgIpc) is 3.03. The molecule has 1 saturated carbocycles. The normalized spacial score (nSPS) is 22.0. The molecule has 1 aliphatic carbocycles. The first kappa shape index (κ1) is 11.5. The number of carboxylic acid groups (broad SMARTS) is 1. The Labute approximate surface area is 95.2 Å². The van der Waals surface area contributed by atoms with Gasteiger partial charge in [0.05, 0.1) is 17.5 Å². The van der Waals surface area contributed by atoms with Crippen LogP contribution in [-0.4, -0.2) is 17.0 Å². The van der Waals surface area contributed by atoms with Crippen LogP contribution in [0.4, 0.5) is 14.5 Å². The Morgan fingerprint density at radius 3 is 2.59 bits per heavy atom. The highest BCUT2D eigenvalue weighted by Crippen LogP contribution is 2.39. The van der Waals surface area contributed by atoms with Gasteiger partial charge in [-0.25, -0.2) is 8.78 Å². The van der Waals surface area contributed by atoms with Crippen molar-refractivity contribution >= 4 is 17.6 Å². The number of halogens is 2. The van der Waals surface area contributed by atoms with Crippen LogP contribution < -0.4 is 5.32 Å². The van der Waals surface area contributed by atoms with Crippen molar-refractivity contribution in [2.75, 3.05) is 5.32 Å². The Morgan fingerprint density at radius 1 is 1.29 bits per heavy atom. The van der Waals surface area contributed by atoms with Crippen molar-refractivity contribution in [1.82, 2.24) is 0 Å². The number of amides is 1. The molecule has 0 unspecified atom stereocenters. The maximum Gasteiger partial charge on any atom is 0.307 e. The number of carbonyl (C=O) groups excluding carboxylic acids is 1. The lowest BCUT2D eigenvalue weighted by molar-refractivity contribution is -0.139. The molecule has 0 radical (unpaired) electrons. The summed E-state index contributed by atoms with van der Waals surface area (Å²) in [7, 11) is 0. The van der Waals surface area contributed by atoms with Crippen LogP contribution >= 0.6 is 0 Å². The largest absolute Gasteiger partial charge is 0.481 e. The molecule has 0 aromatic heterocycles. The second-order valence-electron chi connectivity index (χ2n) is 3.90. The van der Waals surface area contributed by atoms with Gasteiger partial charge in [0.25, 0.3) is 0 Å². The number of nitrogens with one attached hydrogen (secondary N) is 1. The fourth-order valence-electron chi connectivity index (χ4n) is 1.58. The van der Waals surface area contributed by atoms with Gasteiger partial charge in [0, 0.05) is 6.07 Å². The Balaban J connectivity index is 2.04. The second-order valence-corrected chi connectivity index (χ2v) is 3.90. The third-order valence-electron chi connectivity index (χ3n) is 2.63. The molecule has 1 aliphatic rings. The summed E-state index contributed by atoms with van der Waals surface area (Å²) in [6.07, 6.45) is 0.234. The molecule has 90 valence electrons. The molecule has 2 N–H and O–H groups in total. The summed E-state index contributed by atoms with van der Waals surface area (Å²) in [5.74, 6) is -4.45. The zero-order chi connectivity index (χ0) is 12.6. The number of hydrogen-bond donors (Lipinski definition) is 2. The third-order valence-corrected chi connectivity index (χ3v) is 2.63. The number of carbonyl (C=O) groups is 2. The fourth-order valence-corrected chi connectivity index (χ4v) is 1.58. The van der Waals surface area contributed by atoms with Crippen LogP contribution in [0.25, 0.3) is 0 Å². The van der Waals surface area contributed by atoms with Crippen LogP contribution in [0.3, 0.4) is 0 Å². The van der Waals surface area contributed by atoms with Crippen molar-refractivity contribution in [3.63, 3.8) is 0 Å². The van der Waals surface area contributed by atoms with E-state index in [1.165, 1.54) is 0 Å². The molecule has 0 bridgehead atoms. The van der Waals surface area contributed by atoms with Crippen LogP contribution in [0.2, 0.25) is 0 Å². The van der Waals surface area contributed by atoms with Gasteiger partial charge >= 0.3 is 5.97 Å². The van der Waals surface area contributed by atoms with E-state index in [-0.39, 0.29) is 12.1 Å². The first-order valence-electron chi connectivity index (χ1n) is 4.98. The third kappa shape index (κ3) is 2.41. The number of rotatable bonds is 3. The molecule has 6 heteroatoms. The lowest BCUT2D eigenvalue weighted by Gasteiger charge is -2.05. The van der Waals surface area contributed by atoms with Crippen LogP contribution in [-0.2, 0) is 9.59 Å². The first-order chi connectivity index (χ1) is 7.99. The van der Waals surface area contributed by atoms with Crippen LogP contribution in [0.15, 0.2) is 18.2 Å². The monoisotopic (exact) mass is 241 g/mol. The van der Waals surface area contributed by atoms with E-state index in [0.717, 1.165) is 18.2 Å². The summed E-state index contributed by atoms with van der Waals surface area (Å²) in [6.45, 7) is 0. The van der Waals surface area contributed by atoms with Gasteiger partial charge in [-0.2, -0.15) is 0 Å². The zero-order valence-corrected chi connectivity index (χ0v) is 8.61. The maximum atomic E-state index is 13.2. The van der Waals surface area contributed by atoms with E-state index in [4.69, 9.17) is 5.11 Å². The van der Waals surface area contributed by atoms with Gasteiger partial charge in [0.15, 0.2) is 0 Å². The minimum absolute atomic E-state index is 0.234. The van der Waals surface area contributed by atoms with E-state index in [0.29, 0.717) is 0 Å². The van der Waals surface area contributed by atoms with E-state index in [2.05, 4.69) is 5.32 Å². The van der Waals surface area contributed by atoms with Crippen molar-refractivity contribution in [1.29, 1.82) is 0 Å². The highest BCUT2D eigenvalue weighted by Gasteiger charge is 2.48. The minimum Gasteiger partial charge on any atom is -0.481 e. The van der Waals surface area contributed by atoms with Crippen LogP contribution in [0, 0.1) is 23.5 Å². The second kappa shape index (κ2) is 4.12. The molecular formula is C11H9F2NO3. The van der Waals surface area contributed by atoms with Crippen LogP contribution in [0.1, 0.15) is 6.42 Å². The van der Waals surface area contributed by atoms with Crippen molar-refractivity contribution < 1.29 is 23.5 Å². The maximum absolute atomic E-state index is 13.2. The molecule has 2 rings (SSSR count). The molecule has 0 heterocycles. The van der Waals surface area contributed by atoms with Gasteiger partial charge in [-0.05, 0) is 18.6 Å². The molecule has 0 saturated heterocycles. The smallest absolute Gasteiger partial charge is 0.307 e. The molecule has 0 spiro atoms. The molecule has 2 atom stereocenters. The highest BCUT2D eigenvalue weighted by molar-refractivity contribution is 5.98. The average molecular weight is 241 g/mol. The molecule has 17 heavy (non-hydrogen) atoms. The lowest BCUT2D eigenvalue weighted by Crippen LogP contribution is -2.17. The minimum atomic E-state index is -1.05. The zero-order valence-electron chi connectivity index (χ0n) is 8.61. The molecule has 1 amide bonds. The number of aliphatic carboxylic acids is 1. The molecule has 1 fully saturated rings. The van der Waals surface area contributed by atoms with Gasteiger partial charge in [0.1, 0.15) is 11.6 Å². The van der Waals surface area contributed by atoms with Crippen LogP contribution in [0.5, 0.6) is 0 Å². The van der Waals surface area contributed by atoms with E-state index in [1.807, 2.05) is 0 Å². The lowest BCUT2D eigenvalue weighted by atomic mass is 10.2. The van der Waals surface area contributed by atoms with Crippen molar-refractivity contribution in [2.45, 2.75) is 6.42 Å². The van der Waals surface area contributed by atoms with E-state index < -0.39 is 35.3 Å².